The molecule has 0 bridgehead atoms. The van der Waals surface area contributed by atoms with Gasteiger partial charge >= 0.3 is 0 Å². The van der Waals surface area contributed by atoms with E-state index in [9.17, 15) is 4.79 Å². The summed E-state index contributed by atoms with van der Waals surface area (Å²) in [5, 5.41) is 14.7. The lowest BCUT2D eigenvalue weighted by Gasteiger charge is -2.06. The first-order chi connectivity index (χ1) is 11.7. The molecule has 2 aromatic heterocycles. The number of H-pyrrole nitrogens is 1. The molecule has 0 saturated heterocycles. The summed E-state index contributed by atoms with van der Waals surface area (Å²) in [6.45, 7) is 1.73. The van der Waals surface area contributed by atoms with E-state index in [1.165, 1.54) is 0 Å². The van der Waals surface area contributed by atoms with E-state index < -0.39 is 0 Å². The van der Waals surface area contributed by atoms with Crippen molar-refractivity contribution < 1.29 is 9.32 Å². The molecule has 6 heteroatoms. The number of aromatic nitrogens is 3. The van der Waals surface area contributed by atoms with Crippen molar-refractivity contribution in [3.8, 4) is 11.3 Å². The lowest BCUT2D eigenvalue weighted by molar-refractivity contribution is 0.102. The van der Waals surface area contributed by atoms with E-state index in [4.69, 9.17) is 4.52 Å². The zero-order chi connectivity index (χ0) is 16.5. The second-order valence-corrected chi connectivity index (χ2v) is 5.45. The van der Waals surface area contributed by atoms with Crippen molar-refractivity contribution in [2.75, 3.05) is 5.32 Å². The fourth-order valence-corrected chi connectivity index (χ4v) is 2.65. The number of benzene rings is 2. The highest BCUT2D eigenvalue weighted by Gasteiger charge is 2.21. The number of aromatic amines is 1. The minimum Gasteiger partial charge on any atom is -0.360 e. The molecule has 0 radical (unpaired) electrons. The van der Waals surface area contributed by atoms with Gasteiger partial charge in [0.05, 0.1) is 11.7 Å². The number of rotatable bonds is 3. The van der Waals surface area contributed by atoms with Gasteiger partial charge < -0.3 is 9.84 Å². The fraction of sp³-hybridized carbons (Fsp3) is 0.0556. The molecule has 4 rings (SSSR count). The van der Waals surface area contributed by atoms with Crippen molar-refractivity contribution in [1.82, 2.24) is 15.4 Å². The van der Waals surface area contributed by atoms with Crippen LogP contribution in [0.3, 0.4) is 0 Å². The van der Waals surface area contributed by atoms with Crippen LogP contribution in [-0.2, 0) is 0 Å². The standard InChI is InChI=1S/C18H14N4O2/c1-11-16(17(22-24-11)12-5-3-2-4-6-12)18(23)20-14-7-8-15-13(9-14)10-19-21-15/h2-10H,1H3,(H,19,21)(H,20,23). The number of fused-ring (bicyclic) bond motifs is 1. The van der Waals surface area contributed by atoms with Gasteiger partial charge in [-0.3, -0.25) is 9.89 Å². The van der Waals surface area contributed by atoms with E-state index in [0.717, 1.165) is 16.5 Å². The maximum Gasteiger partial charge on any atom is 0.261 e. The predicted molar refractivity (Wildman–Crippen MR) is 90.7 cm³/mol. The number of hydrogen-bond acceptors (Lipinski definition) is 4. The molecule has 2 N–H and O–H groups in total. The van der Waals surface area contributed by atoms with Gasteiger partial charge in [0, 0.05) is 16.6 Å². The van der Waals surface area contributed by atoms with Crippen molar-refractivity contribution in [2.24, 2.45) is 0 Å². The molecule has 4 aromatic rings. The van der Waals surface area contributed by atoms with Crippen LogP contribution in [0, 0.1) is 6.92 Å². The minimum absolute atomic E-state index is 0.254. The Bertz CT molecular complexity index is 1020. The predicted octanol–water partition coefficient (Wildman–Crippen LogP) is 3.78. The molecular formula is C18H14N4O2. The maximum absolute atomic E-state index is 12.7. The van der Waals surface area contributed by atoms with E-state index in [1.54, 1.807) is 13.1 Å². The SMILES string of the molecule is Cc1onc(-c2ccccc2)c1C(=O)Nc1ccc2[nH]ncc2c1. The first-order valence-electron chi connectivity index (χ1n) is 7.48. The molecule has 2 heterocycles. The average Bonchev–Trinajstić information content (AvgIpc) is 3.21. The van der Waals surface area contributed by atoms with Crippen LogP contribution in [0.5, 0.6) is 0 Å². The van der Waals surface area contributed by atoms with Crippen molar-refractivity contribution in [3.05, 3.63) is 66.1 Å². The van der Waals surface area contributed by atoms with Gasteiger partial charge in [-0.2, -0.15) is 5.10 Å². The van der Waals surface area contributed by atoms with E-state index >= 15 is 0 Å². The molecule has 2 aromatic carbocycles. The second-order valence-electron chi connectivity index (χ2n) is 5.45. The Kier molecular flexibility index (Phi) is 3.35. The summed E-state index contributed by atoms with van der Waals surface area (Å²) < 4.78 is 5.24. The van der Waals surface area contributed by atoms with E-state index in [0.29, 0.717) is 22.7 Å². The molecule has 118 valence electrons. The maximum atomic E-state index is 12.7. The zero-order valence-corrected chi connectivity index (χ0v) is 12.9. The fourth-order valence-electron chi connectivity index (χ4n) is 2.65. The number of nitrogens with zero attached hydrogens (tertiary/aromatic N) is 2. The lowest BCUT2D eigenvalue weighted by Crippen LogP contribution is -2.13. The third-order valence-electron chi connectivity index (χ3n) is 3.84. The van der Waals surface area contributed by atoms with Gasteiger partial charge in [0.1, 0.15) is 17.0 Å². The first-order valence-corrected chi connectivity index (χ1v) is 7.48. The van der Waals surface area contributed by atoms with Crippen LogP contribution in [-0.4, -0.2) is 21.3 Å². The van der Waals surface area contributed by atoms with Crippen molar-refractivity contribution in [1.29, 1.82) is 0 Å². The van der Waals surface area contributed by atoms with Gasteiger partial charge in [-0.1, -0.05) is 35.5 Å². The van der Waals surface area contributed by atoms with E-state index in [-0.39, 0.29) is 5.91 Å². The average molecular weight is 318 g/mol. The molecular weight excluding hydrogens is 304 g/mol. The Morgan fingerprint density at radius 2 is 2.00 bits per heavy atom. The largest absolute Gasteiger partial charge is 0.360 e. The Labute approximate surface area is 137 Å². The summed E-state index contributed by atoms with van der Waals surface area (Å²) in [4.78, 5) is 12.7. The van der Waals surface area contributed by atoms with E-state index in [1.807, 2.05) is 48.5 Å². The normalized spacial score (nSPS) is 10.9. The molecule has 0 atom stereocenters. The second kappa shape index (κ2) is 5.66. The van der Waals surface area contributed by atoms with Gasteiger partial charge in [-0.05, 0) is 25.1 Å². The molecule has 6 nitrogen and oxygen atoms in total. The highest BCUT2D eigenvalue weighted by Crippen LogP contribution is 2.26. The summed E-state index contributed by atoms with van der Waals surface area (Å²) in [5.41, 5.74) is 3.42. The third kappa shape index (κ3) is 2.44. The highest BCUT2D eigenvalue weighted by molar-refractivity contribution is 6.09. The Morgan fingerprint density at radius 3 is 2.83 bits per heavy atom. The van der Waals surface area contributed by atoms with Gasteiger partial charge in [0.25, 0.3) is 5.91 Å². The summed E-state index contributed by atoms with van der Waals surface area (Å²) in [7, 11) is 0. The van der Waals surface area contributed by atoms with Crippen molar-refractivity contribution in [2.45, 2.75) is 6.92 Å². The lowest BCUT2D eigenvalue weighted by atomic mass is 10.1. The van der Waals surface area contributed by atoms with Crippen LogP contribution in [0.4, 0.5) is 5.69 Å². The van der Waals surface area contributed by atoms with Crippen LogP contribution in [0.1, 0.15) is 16.1 Å². The minimum atomic E-state index is -0.254. The highest BCUT2D eigenvalue weighted by atomic mass is 16.5. The van der Waals surface area contributed by atoms with E-state index in [2.05, 4.69) is 20.7 Å². The Balaban J connectivity index is 1.68. The van der Waals surface area contributed by atoms with Gasteiger partial charge in [-0.15, -0.1) is 0 Å². The van der Waals surface area contributed by atoms with Crippen LogP contribution < -0.4 is 5.32 Å². The van der Waals surface area contributed by atoms with Crippen LogP contribution in [0.2, 0.25) is 0 Å². The molecule has 0 aliphatic heterocycles. The molecule has 24 heavy (non-hydrogen) atoms. The number of aryl methyl sites for hydroxylation is 1. The number of amides is 1. The van der Waals surface area contributed by atoms with Gasteiger partial charge in [-0.25, -0.2) is 0 Å². The van der Waals surface area contributed by atoms with Gasteiger partial charge in [0.2, 0.25) is 0 Å². The zero-order valence-electron chi connectivity index (χ0n) is 12.9. The number of carbonyl (C=O) groups excluding carboxylic acids is 1. The number of hydrogen-bond donors (Lipinski definition) is 2. The summed E-state index contributed by atoms with van der Waals surface area (Å²) >= 11 is 0. The Hall–Kier alpha value is -3.41. The van der Waals surface area contributed by atoms with Gasteiger partial charge in [0.15, 0.2) is 0 Å². The molecule has 0 aliphatic carbocycles. The Morgan fingerprint density at radius 1 is 1.17 bits per heavy atom. The molecule has 0 saturated carbocycles. The number of anilines is 1. The quantitative estimate of drug-likeness (QED) is 0.602. The first kappa shape index (κ1) is 14.2. The topological polar surface area (TPSA) is 83.8 Å². The van der Waals surface area contributed by atoms with Crippen LogP contribution in [0.15, 0.2) is 59.3 Å². The molecule has 0 fully saturated rings. The number of carbonyl (C=O) groups is 1. The number of nitrogens with one attached hydrogen (secondary N) is 2. The van der Waals surface area contributed by atoms with Crippen LogP contribution >= 0.6 is 0 Å². The van der Waals surface area contributed by atoms with Crippen molar-refractivity contribution >= 4 is 22.5 Å². The summed E-state index contributed by atoms with van der Waals surface area (Å²) in [5.74, 6) is 0.228. The smallest absolute Gasteiger partial charge is 0.261 e. The van der Waals surface area contributed by atoms with Crippen LogP contribution in [0.25, 0.3) is 22.2 Å². The molecule has 0 spiro atoms. The van der Waals surface area contributed by atoms with Crippen molar-refractivity contribution in [3.63, 3.8) is 0 Å². The molecule has 0 aliphatic rings. The summed E-state index contributed by atoms with van der Waals surface area (Å²) in [6.07, 6.45) is 1.71. The molecule has 0 unspecified atom stereocenters. The summed E-state index contributed by atoms with van der Waals surface area (Å²) in [6, 6.07) is 15.1. The molecule has 1 amide bonds. The monoisotopic (exact) mass is 318 g/mol. The third-order valence-corrected chi connectivity index (χ3v) is 3.84.